The lowest BCUT2D eigenvalue weighted by Gasteiger charge is -2.26. The quantitative estimate of drug-likeness (QED) is 0.825. The molecular formula is C18H20N2O2S2. The lowest BCUT2D eigenvalue weighted by atomic mass is 10.1. The summed E-state index contributed by atoms with van der Waals surface area (Å²) in [4.78, 5) is 28.2. The topological polar surface area (TPSA) is 49.4 Å². The van der Waals surface area contributed by atoms with Crippen molar-refractivity contribution in [2.75, 3.05) is 12.0 Å². The second kappa shape index (κ2) is 7.85. The molecule has 2 aromatic rings. The second-order valence-electron chi connectivity index (χ2n) is 5.68. The van der Waals surface area contributed by atoms with E-state index >= 15 is 0 Å². The zero-order valence-corrected chi connectivity index (χ0v) is 15.2. The standard InChI is InChI=1S/C18H20N2O2S2/c1-23-10-8-16(17(21)19-11-14-6-4-9-24-14)20-12-13-5-2-3-7-15(13)18(20)22/h2-7,9,16H,8,10-12H2,1H3,(H,19,21)/t16-/m0/s1. The molecule has 3 rings (SSSR count). The minimum atomic E-state index is -0.419. The van der Waals surface area contributed by atoms with Crippen molar-refractivity contribution >= 4 is 34.9 Å². The van der Waals surface area contributed by atoms with Gasteiger partial charge in [-0.3, -0.25) is 9.59 Å². The molecule has 6 heteroatoms. The van der Waals surface area contributed by atoms with Crippen LogP contribution in [-0.4, -0.2) is 34.8 Å². The predicted octanol–water partition coefficient (Wildman–Crippen LogP) is 3.14. The van der Waals surface area contributed by atoms with Crippen LogP contribution >= 0.6 is 23.1 Å². The molecule has 1 N–H and O–H groups in total. The number of carbonyl (C=O) groups is 2. The average molecular weight is 361 g/mol. The highest BCUT2D eigenvalue weighted by Crippen LogP contribution is 2.26. The fraction of sp³-hybridized carbons (Fsp3) is 0.333. The molecule has 0 saturated carbocycles. The van der Waals surface area contributed by atoms with Crippen LogP contribution in [0.15, 0.2) is 41.8 Å². The van der Waals surface area contributed by atoms with Gasteiger partial charge in [0.2, 0.25) is 5.91 Å². The summed E-state index contributed by atoms with van der Waals surface area (Å²) >= 11 is 3.31. The Morgan fingerprint density at radius 1 is 1.33 bits per heavy atom. The van der Waals surface area contributed by atoms with Gasteiger partial charge in [-0.25, -0.2) is 0 Å². The summed E-state index contributed by atoms with van der Waals surface area (Å²) in [6.45, 7) is 1.03. The Morgan fingerprint density at radius 2 is 2.17 bits per heavy atom. The molecule has 0 unspecified atom stereocenters. The van der Waals surface area contributed by atoms with Crippen LogP contribution in [0, 0.1) is 0 Å². The van der Waals surface area contributed by atoms with Gasteiger partial charge in [-0.1, -0.05) is 24.3 Å². The van der Waals surface area contributed by atoms with Gasteiger partial charge in [-0.2, -0.15) is 11.8 Å². The Labute approximate surface area is 150 Å². The number of hydrogen-bond donors (Lipinski definition) is 1. The minimum Gasteiger partial charge on any atom is -0.349 e. The highest BCUT2D eigenvalue weighted by Gasteiger charge is 2.35. The molecule has 0 spiro atoms. The summed E-state index contributed by atoms with van der Waals surface area (Å²) in [7, 11) is 0. The summed E-state index contributed by atoms with van der Waals surface area (Å²) in [5, 5.41) is 4.98. The van der Waals surface area contributed by atoms with Crippen LogP contribution in [0.25, 0.3) is 0 Å². The number of benzene rings is 1. The number of nitrogens with zero attached hydrogens (tertiary/aromatic N) is 1. The fourth-order valence-electron chi connectivity index (χ4n) is 2.89. The van der Waals surface area contributed by atoms with Gasteiger partial charge >= 0.3 is 0 Å². The molecule has 1 atom stereocenters. The van der Waals surface area contributed by atoms with Crippen molar-refractivity contribution in [2.24, 2.45) is 0 Å². The van der Waals surface area contributed by atoms with Crippen LogP contribution < -0.4 is 5.32 Å². The van der Waals surface area contributed by atoms with Crippen molar-refractivity contribution in [2.45, 2.75) is 25.6 Å². The number of rotatable bonds is 7. The summed E-state index contributed by atoms with van der Waals surface area (Å²) in [5.74, 6) is 0.735. The van der Waals surface area contributed by atoms with E-state index in [1.807, 2.05) is 48.0 Å². The first-order valence-electron chi connectivity index (χ1n) is 7.88. The molecule has 0 bridgehead atoms. The average Bonchev–Trinajstić information content (AvgIpc) is 3.22. The number of fused-ring (bicyclic) bond motifs is 1. The van der Waals surface area contributed by atoms with Gasteiger partial charge < -0.3 is 10.2 Å². The van der Waals surface area contributed by atoms with Crippen LogP contribution in [0.5, 0.6) is 0 Å². The van der Waals surface area contributed by atoms with Gasteiger partial charge in [-0.15, -0.1) is 11.3 Å². The third-order valence-corrected chi connectivity index (χ3v) is 5.66. The molecule has 2 amide bonds. The molecule has 1 aromatic heterocycles. The molecule has 0 saturated heterocycles. The number of thioether (sulfide) groups is 1. The van der Waals surface area contributed by atoms with Crippen LogP contribution in [-0.2, 0) is 17.9 Å². The van der Waals surface area contributed by atoms with Gasteiger partial charge in [0.25, 0.3) is 5.91 Å². The van der Waals surface area contributed by atoms with Crippen molar-refractivity contribution in [1.82, 2.24) is 10.2 Å². The molecule has 4 nitrogen and oxygen atoms in total. The van der Waals surface area contributed by atoms with E-state index in [1.54, 1.807) is 28.0 Å². The van der Waals surface area contributed by atoms with E-state index < -0.39 is 6.04 Å². The van der Waals surface area contributed by atoms with Crippen LogP contribution in [0.1, 0.15) is 27.2 Å². The van der Waals surface area contributed by atoms with E-state index in [9.17, 15) is 9.59 Å². The zero-order valence-electron chi connectivity index (χ0n) is 13.5. The number of nitrogens with one attached hydrogen (secondary N) is 1. The Bertz CT molecular complexity index is 716. The van der Waals surface area contributed by atoms with Crippen LogP contribution in [0.2, 0.25) is 0 Å². The van der Waals surface area contributed by atoms with Crippen molar-refractivity contribution in [3.05, 3.63) is 57.8 Å². The van der Waals surface area contributed by atoms with Crippen LogP contribution in [0.3, 0.4) is 0 Å². The molecule has 0 fully saturated rings. The van der Waals surface area contributed by atoms with E-state index in [2.05, 4.69) is 5.32 Å². The van der Waals surface area contributed by atoms with E-state index in [-0.39, 0.29) is 11.8 Å². The van der Waals surface area contributed by atoms with Crippen molar-refractivity contribution in [3.8, 4) is 0 Å². The van der Waals surface area contributed by atoms with Crippen molar-refractivity contribution in [3.63, 3.8) is 0 Å². The lowest BCUT2D eigenvalue weighted by molar-refractivity contribution is -0.126. The molecule has 126 valence electrons. The molecule has 1 aliphatic rings. The van der Waals surface area contributed by atoms with Crippen molar-refractivity contribution in [1.29, 1.82) is 0 Å². The molecule has 0 radical (unpaired) electrons. The van der Waals surface area contributed by atoms with Crippen molar-refractivity contribution < 1.29 is 9.59 Å². The summed E-state index contributed by atoms with van der Waals surface area (Å²) in [5.41, 5.74) is 1.72. The third-order valence-electron chi connectivity index (χ3n) is 4.14. The molecular weight excluding hydrogens is 340 g/mol. The minimum absolute atomic E-state index is 0.0389. The lowest BCUT2D eigenvalue weighted by Crippen LogP contribution is -2.47. The summed E-state index contributed by atoms with van der Waals surface area (Å²) < 4.78 is 0. The van der Waals surface area contributed by atoms with Crippen LogP contribution in [0.4, 0.5) is 0 Å². The maximum atomic E-state index is 12.7. The Kier molecular flexibility index (Phi) is 5.58. The Hall–Kier alpha value is -1.79. The second-order valence-corrected chi connectivity index (χ2v) is 7.70. The highest BCUT2D eigenvalue weighted by molar-refractivity contribution is 7.98. The first kappa shape index (κ1) is 17.0. The first-order chi connectivity index (χ1) is 11.7. The van der Waals surface area contributed by atoms with Gasteiger partial charge in [0.15, 0.2) is 0 Å². The fourth-order valence-corrected chi connectivity index (χ4v) is 4.00. The number of carbonyl (C=O) groups excluding carboxylic acids is 2. The normalized spacial score (nSPS) is 14.5. The number of amides is 2. The molecule has 1 aromatic carbocycles. The number of thiophene rings is 1. The van der Waals surface area contributed by atoms with E-state index in [0.717, 1.165) is 21.8 Å². The first-order valence-corrected chi connectivity index (χ1v) is 10.2. The molecule has 24 heavy (non-hydrogen) atoms. The van der Waals surface area contributed by atoms with E-state index in [0.29, 0.717) is 19.5 Å². The Morgan fingerprint density at radius 3 is 2.88 bits per heavy atom. The number of hydrogen-bond acceptors (Lipinski definition) is 4. The van der Waals surface area contributed by atoms with Gasteiger partial charge in [0.1, 0.15) is 6.04 Å². The maximum Gasteiger partial charge on any atom is 0.255 e. The zero-order chi connectivity index (χ0) is 16.9. The molecule has 2 heterocycles. The molecule has 0 aliphatic carbocycles. The summed E-state index contributed by atoms with van der Waals surface area (Å²) in [6, 6.07) is 11.2. The Balaban J connectivity index is 1.72. The van der Waals surface area contributed by atoms with Gasteiger partial charge in [0.05, 0.1) is 6.54 Å². The largest absolute Gasteiger partial charge is 0.349 e. The predicted molar refractivity (Wildman–Crippen MR) is 99.3 cm³/mol. The van der Waals surface area contributed by atoms with E-state index in [1.165, 1.54) is 0 Å². The third kappa shape index (κ3) is 3.65. The van der Waals surface area contributed by atoms with Gasteiger partial charge in [0, 0.05) is 17.0 Å². The smallest absolute Gasteiger partial charge is 0.255 e. The maximum absolute atomic E-state index is 12.7. The van der Waals surface area contributed by atoms with Gasteiger partial charge in [-0.05, 0) is 41.5 Å². The molecule has 1 aliphatic heterocycles. The van der Waals surface area contributed by atoms with E-state index in [4.69, 9.17) is 0 Å². The monoisotopic (exact) mass is 360 g/mol. The summed E-state index contributed by atoms with van der Waals surface area (Å²) in [6.07, 6.45) is 2.68. The highest BCUT2D eigenvalue weighted by atomic mass is 32.2. The SMILES string of the molecule is CSCC[C@@H](C(=O)NCc1cccs1)N1Cc2ccccc2C1=O.